The van der Waals surface area contributed by atoms with Gasteiger partial charge in [-0.15, -0.1) is 0 Å². The van der Waals surface area contributed by atoms with E-state index < -0.39 is 0 Å². The van der Waals surface area contributed by atoms with Crippen molar-refractivity contribution in [3.05, 3.63) is 70.9 Å². The zero-order valence-electron chi connectivity index (χ0n) is 22.8. The largest absolute Gasteiger partial charge is 0.511 e. The van der Waals surface area contributed by atoms with Gasteiger partial charge in [0.1, 0.15) is 11.6 Å². The minimum atomic E-state index is -0.0873. The number of halogens is 1. The third-order valence-corrected chi connectivity index (χ3v) is 7.72. The maximum absolute atomic E-state index is 14.3. The smallest absolute Gasteiger partial charge is 0.127 e. The Kier molecular flexibility index (Phi) is 11.0. The molecule has 2 aliphatic heterocycles. The zero-order valence-corrected chi connectivity index (χ0v) is 22.8. The molecule has 2 fully saturated rings. The van der Waals surface area contributed by atoms with E-state index in [2.05, 4.69) is 47.8 Å². The normalized spacial score (nSPS) is 23.8. The number of nitrogens with zero attached hydrogens (tertiary/aromatic N) is 2. The van der Waals surface area contributed by atoms with Crippen LogP contribution in [0.1, 0.15) is 64.0 Å². The van der Waals surface area contributed by atoms with E-state index >= 15 is 0 Å². The molecule has 3 N–H and O–H groups in total. The number of aliphatic hydroxyl groups excluding tert-OH is 1. The molecule has 200 valence electrons. The highest BCUT2D eigenvalue weighted by Crippen LogP contribution is 2.24. The molecule has 2 aliphatic rings. The summed E-state index contributed by atoms with van der Waals surface area (Å²) in [6.07, 6.45) is 8.86. The van der Waals surface area contributed by atoms with Crippen molar-refractivity contribution in [1.82, 2.24) is 20.4 Å². The Bertz CT molecular complexity index is 920. The number of benzene rings is 1. The lowest BCUT2D eigenvalue weighted by molar-refractivity contribution is 0.0662. The van der Waals surface area contributed by atoms with Crippen LogP contribution in [0.5, 0.6) is 0 Å². The van der Waals surface area contributed by atoms with Crippen LogP contribution in [0.4, 0.5) is 4.39 Å². The molecule has 0 aliphatic carbocycles. The van der Waals surface area contributed by atoms with Crippen LogP contribution in [-0.2, 0) is 6.54 Å². The number of hydrogen-bond acceptors (Lipinski definition) is 5. The molecule has 6 heteroatoms. The molecule has 36 heavy (non-hydrogen) atoms. The van der Waals surface area contributed by atoms with Gasteiger partial charge < -0.3 is 15.7 Å². The van der Waals surface area contributed by atoms with Crippen LogP contribution in [0, 0.1) is 12.7 Å². The van der Waals surface area contributed by atoms with Crippen molar-refractivity contribution in [2.75, 3.05) is 32.7 Å². The van der Waals surface area contributed by atoms with Crippen molar-refractivity contribution in [1.29, 1.82) is 0 Å². The zero-order chi connectivity index (χ0) is 26.1. The Morgan fingerprint density at radius 3 is 2.64 bits per heavy atom. The number of allylic oxidation sites excluding steroid dienone is 3. The van der Waals surface area contributed by atoms with Gasteiger partial charge in [0.25, 0.3) is 0 Å². The minimum Gasteiger partial charge on any atom is -0.511 e. The lowest BCUT2D eigenvalue weighted by Crippen LogP contribution is -2.53. The molecular weight excluding hydrogens is 451 g/mol. The van der Waals surface area contributed by atoms with Crippen LogP contribution in [0.25, 0.3) is 0 Å². The molecule has 0 amide bonds. The summed E-state index contributed by atoms with van der Waals surface area (Å²) in [5, 5.41) is 17.8. The van der Waals surface area contributed by atoms with Crippen LogP contribution in [0.15, 0.2) is 54.0 Å². The summed E-state index contributed by atoms with van der Waals surface area (Å²) in [4.78, 5) is 5.04. The van der Waals surface area contributed by atoms with E-state index in [1.807, 2.05) is 31.3 Å². The van der Waals surface area contributed by atoms with E-state index in [0.29, 0.717) is 24.4 Å². The summed E-state index contributed by atoms with van der Waals surface area (Å²) in [5.41, 5.74) is 3.75. The second-order valence-electron chi connectivity index (χ2n) is 10.5. The first kappa shape index (κ1) is 28.4. The molecule has 1 aromatic rings. The molecule has 0 saturated carbocycles. The predicted octanol–water partition coefficient (Wildman–Crippen LogP) is 5.44. The molecule has 2 saturated heterocycles. The Labute approximate surface area is 218 Å². The number of likely N-dealkylation sites (tertiary alicyclic amines) is 1. The van der Waals surface area contributed by atoms with E-state index in [4.69, 9.17) is 0 Å². The summed E-state index contributed by atoms with van der Waals surface area (Å²) < 4.78 is 14.3. The summed E-state index contributed by atoms with van der Waals surface area (Å²) in [5.74, 6) is 0.307. The monoisotopic (exact) mass is 498 g/mol. The molecule has 5 nitrogen and oxygen atoms in total. The van der Waals surface area contributed by atoms with E-state index in [-0.39, 0.29) is 11.9 Å². The molecule has 3 rings (SSSR count). The van der Waals surface area contributed by atoms with Crippen LogP contribution in [-0.4, -0.2) is 65.8 Å². The van der Waals surface area contributed by atoms with Crippen LogP contribution < -0.4 is 10.6 Å². The molecule has 2 heterocycles. The SMILES string of the molecule is C=C(CC)C(=C/NCC)/C=C(/O)C1CCCN(C2CCN(Cc3ccc(C)cc3F)CC2)C(C)CN1. The van der Waals surface area contributed by atoms with E-state index in [1.54, 1.807) is 6.07 Å². The second-order valence-corrected chi connectivity index (χ2v) is 10.5. The van der Waals surface area contributed by atoms with Crippen molar-refractivity contribution >= 4 is 0 Å². The fourth-order valence-electron chi connectivity index (χ4n) is 5.38. The van der Waals surface area contributed by atoms with Gasteiger partial charge in [-0.3, -0.25) is 9.80 Å². The highest BCUT2D eigenvalue weighted by atomic mass is 19.1. The summed E-state index contributed by atoms with van der Waals surface area (Å²) in [7, 11) is 0. The molecular formula is C30H47FN4O. The summed E-state index contributed by atoms with van der Waals surface area (Å²) in [6.45, 7) is 18.0. The first-order valence-corrected chi connectivity index (χ1v) is 13.8. The van der Waals surface area contributed by atoms with E-state index in [1.165, 1.54) is 0 Å². The van der Waals surface area contributed by atoms with Crippen LogP contribution in [0.3, 0.4) is 0 Å². The second kappa shape index (κ2) is 14.0. The van der Waals surface area contributed by atoms with Crippen molar-refractivity contribution < 1.29 is 9.50 Å². The maximum atomic E-state index is 14.3. The Morgan fingerprint density at radius 1 is 1.22 bits per heavy atom. The van der Waals surface area contributed by atoms with Gasteiger partial charge in [0.2, 0.25) is 0 Å². The first-order valence-electron chi connectivity index (χ1n) is 13.8. The third kappa shape index (κ3) is 7.92. The van der Waals surface area contributed by atoms with Gasteiger partial charge in [-0.25, -0.2) is 4.39 Å². The summed E-state index contributed by atoms with van der Waals surface area (Å²) in [6, 6.07) is 6.49. The average Bonchev–Trinajstić information content (AvgIpc) is 2.86. The molecule has 0 spiro atoms. The standard InChI is InChI=1S/C30H47FN4O/c1-6-23(4)26(20-32-7-2)18-30(36)29-9-8-14-35(24(5)19-33-29)27-12-15-34(16-13-27)21-25-11-10-22(3)17-28(25)31/h10-11,17-18,20,24,27,29,32-33,36H,4,6-9,12-16,19,21H2,1-3,5H3/b26-20+,30-18+. The first-order chi connectivity index (χ1) is 17.3. The Hall–Kier alpha value is -2.15. The van der Waals surface area contributed by atoms with Crippen molar-refractivity contribution in [3.63, 3.8) is 0 Å². The molecule has 0 aromatic heterocycles. The number of aryl methyl sites for hydroxylation is 1. The Morgan fingerprint density at radius 2 is 1.97 bits per heavy atom. The fraction of sp³-hybridized carbons (Fsp3) is 0.600. The average molecular weight is 499 g/mol. The molecule has 2 atom stereocenters. The highest BCUT2D eigenvalue weighted by molar-refractivity contribution is 5.39. The van der Waals surface area contributed by atoms with Crippen LogP contribution >= 0.6 is 0 Å². The van der Waals surface area contributed by atoms with Crippen molar-refractivity contribution in [3.8, 4) is 0 Å². The number of piperidine rings is 1. The van der Waals surface area contributed by atoms with Gasteiger partial charge >= 0.3 is 0 Å². The lowest BCUT2D eigenvalue weighted by Gasteiger charge is -2.43. The fourth-order valence-corrected chi connectivity index (χ4v) is 5.38. The van der Waals surface area contributed by atoms with Gasteiger partial charge in [0.15, 0.2) is 0 Å². The molecule has 2 unspecified atom stereocenters. The quantitative estimate of drug-likeness (QED) is 0.313. The molecule has 0 bridgehead atoms. The lowest BCUT2D eigenvalue weighted by atomic mass is 9.97. The predicted molar refractivity (Wildman–Crippen MR) is 149 cm³/mol. The minimum absolute atomic E-state index is 0.0319. The van der Waals surface area contributed by atoms with Gasteiger partial charge in [-0.2, -0.15) is 0 Å². The van der Waals surface area contributed by atoms with E-state index in [9.17, 15) is 9.50 Å². The van der Waals surface area contributed by atoms with Crippen molar-refractivity contribution in [2.45, 2.75) is 84.5 Å². The number of rotatable bonds is 9. The molecule has 1 aromatic carbocycles. The van der Waals surface area contributed by atoms with Crippen LogP contribution in [0.2, 0.25) is 0 Å². The van der Waals surface area contributed by atoms with Gasteiger partial charge in [0.05, 0.1) is 6.04 Å². The topological polar surface area (TPSA) is 50.8 Å². The van der Waals surface area contributed by atoms with Gasteiger partial charge in [0, 0.05) is 43.5 Å². The maximum Gasteiger partial charge on any atom is 0.127 e. The Balaban J connectivity index is 1.53. The van der Waals surface area contributed by atoms with E-state index in [0.717, 1.165) is 87.1 Å². The number of hydrogen-bond donors (Lipinski definition) is 3. The number of aliphatic hydroxyl groups is 1. The van der Waals surface area contributed by atoms with Gasteiger partial charge in [-0.05, 0) is 101 Å². The highest BCUT2D eigenvalue weighted by Gasteiger charge is 2.30. The number of nitrogens with one attached hydrogen (secondary N) is 2. The van der Waals surface area contributed by atoms with Crippen molar-refractivity contribution in [2.24, 2.45) is 0 Å². The third-order valence-electron chi connectivity index (χ3n) is 7.72. The molecule has 0 radical (unpaired) electrons. The van der Waals surface area contributed by atoms with Gasteiger partial charge in [-0.1, -0.05) is 25.6 Å². The summed E-state index contributed by atoms with van der Waals surface area (Å²) >= 11 is 0.